The topological polar surface area (TPSA) is 45.8 Å². The zero-order valence-electron chi connectivity index (χ0n) is 18.6. The van der Waals surface area contributed by atoms with Gasteiger partial charge in [-0.25, -0.2) is 0 Å². The maximum atomic E-state index is 13.2. The fourth-order valence-electron chi connectivity index (χ4n) is 4.77. The van der Waals surface area contributed by atoms with Crippen molar-refractivity contribution in [3.63, 3.8) is 0 Å². The van der Waals surface area contributed by atoms with Crippen LogP contribution in [0.25, 0.3) is 10.9 Å². The zero-order valence-corrected chi connectivity index (χ0v) is 19.3. The van der Waals surface area contributed by atoms with Gasteiger partial charge in [-0.2, -0.15) is 0 Å². The molecule has 3 heterocycles. The number of hydrogen-bond acceptors (Lipinski definition) is 4. The number of amides is 1. The van der Waals surface area contributed by atoms with Gasteiger partial charge in [-0.1, -0.05) is 29.8 Å². The van der Waals surface area contributed by atoms with Crippen LogP contribution >= 0.6 is 11.6 Å². The molecule has 2 aliphatic heterocycles. The summed E-state index contributed by atoms with van der Waals surface area (Å²) in [6.45, 7) is 5.74. The quantitative estimate of drug-likeness (QED) is 0.624. The number of benzene rings is 2. The number of likely N-dealkylation sites (tertiary alicyclic amines) is 1. The third kappa shape index (κ3) is 3.93. The summed E-state index contributed by atoms with van der Waals surface area (Å²) in [5.74, 6) is 0.0930. The first-order valence-electron chi connectivity index (χ1n) is 11.2. The van der Waals surface area contributed by atoms with E-state index in [1.165, 1.54) is 11.4 Å². The molecule has 3 aromatic rings. The van der Waals surface area contributed by atoms with Crippen molar-refractivity contribution < 1.29 is 4.79 Å². The monoisotopic (exact) mass is 450 g/mol. The number of fused-ring (bicyclic) bond motifs is 2. The Morgan fingerprint density at radius 2 is 1.88 bits per heavy atom. The van der Waals surface area contributed by atoms with E-state index >= 15 is 0 Å². The van der Waals surface area contributed by atoms with Crippen LogP contribution in [0.4, 0.5) is 11.4 Å². The van der Waals surface area contributed by atoms with Crippen molar-refractivity contribution in [3.05, 3.63) is 65.9 Å². The molecule has 0 aliphatic carbocycles. The molecule has 1 saturated heterocycles. The molecule has 1 fully saturated rings. The lowest BCUT2D eigenvalue weighted by Gasteiger charge is -2.37. The predicted molar refractivity (Wildman–Crippen MR) is 131 cm³/mol. The number of aromatic amines is 1. The van der Waals surface area contributed by atoms with E-state index in [2.05, 4.69) is 64.7 Å². The van der Waals surface area contributed by atoms with E-state index < -0.39 is 0 Å². The van der Waals surface area contributed by atoms with Gasteiger partial charge in [0, 0.05) is 54.3 Å². The number of rotatable bonds is 5. The van der Waals surface area contributed by atoms with Gasteiger partial charge in [-0.05, 0) is 51.2 Å². The molecule has 1 radical (unpaired) electrons. The minimum absolute atomic E-state index is 0.0930. The Morgan fingerprint density at radius 3 is 2.62 bits per heavy atom. The normalized spacial score (nSPS) is 16.9. The number of halogens is 1. The van der Waals surface area contributed by atoms with E-state index in [4.69, 9.17) is 11.6 Å². The molecular weight excluding hydrogens is 422 g/mol. The van der Waals surface area contributed by atoms with Crippen molar-refractivity contribution in [2.24, 2.45) is 0 Å². The average molecular weight is 451 g/mol. The van der Waals surface area contributed by atoms with Crippen LogP contribution < -0.4 is 9.80 Å². The SMILES string of the molecule is CN(C)CCN1[CH]N(C2CCN(C(=O)c3c[nH]c4cc(Cl)ccc34)CC2)c2ccccc21. The number of anilines is 2. The Bertz CT molecular complexity index is 1120. The van der Waals surface area contributed by atoms with E-state index in [1.54, 1.807) is 0 Å². The molecule has 2 aromatic carbocycles. The molecule has 1 aromatic heterocycles. The summed E-state index contributed by atoms with van der Waals surface area (Å²) in [6.07, 6.45) is 3.71. The lowest BCUT2D eigenvalue weighted by Crippen LogP contribution is -2.46. The summed E-state index contributed by atoms with van der Waals surface area (Å²) in [5.41, 5.74) is 4.16. The second-order valence-corrected chi connectivity index (χ2v) is 9.36. The van der Waals surface area contributed by atoms with Crippen LogP contribution in [0, 0.1) is 6.67 Å². The summed E-state index contributed by atoms with van der Waals surface area (Å²) in [4.78, 5) is 25.4. The van der Waals surface area contributed by atoms with Crippen LogP contribution in [0.1, 0.15) is 23.2 Å². The Labute approximate surface area is 194 Å². The highest BCUT2D eigenvalue weighted by atomic mass is 35.5. The predicted octanol–water partition coefficient (Wildman–Crippen LogP) is 4.43. The zero-order chi connectivity index (χ0) is 22.2. The van der Waals surface area contributed by atoms with Crippen molar-refractivity contribution in [1.29, 1.82) is 0 Å². The number of nitrogens with zero attached hydrogens (tertiary/aromatic N) is 4. The summed E-state index contributed by atoms with van der Waals surface area (Å²) < 4.78 is 0. The number of carbonyl (C=O) groups is 1. The number of carbonyl (C=O) groups excluding carboxylic acids is 1. The van der Waals surface area contributed by atoms with Gasteiger partial charge in [0.15, 0.2) is 0 Å². The van der Waals surface area contributed by atoms with Crippen LogP contribution in [0.3, 0.4) is 0 Å². The van der Waals surface area contributed by atoms with Gasteiger partial charge in [0.1, 0.15) is 6.67 Å². The standard InChI is InChI=1S/C25H29ClN5O/c1-28(2)13-14-30-17-31(24-6-4-3-5-23(24)30)19-9-11-29(12-10-19)25(32)21-16-27-22-15-18(26)7-8-20(21)22/h3-8,15-17,19,27H,9-14H2,1-2H3. The molecule has 0 saturated carbocycles. The average Bonchev–Trinajstić information content (AvgIpc) is 3.38. The van der Waals surface area contributed by atoms with Gasteiger partial charge < -0.3 is 24.6 Å². The number of H-pyrrole nitrogens is 1. The molecule has 1 N–H and O–H groups in total. The largest absolute Gasteiger partial charge is 0.360 e. The molecule has 1 amide bonds. The molecule has 6 nitrogen and oxygen atoms in total. The number of likely N-dealkylation sites (N-methyl/N-ethyl adjacent to an activating group) is 1. The van der Waals surface area contributed by atoms with Crippen LogP contribution in [0.15, 0.2) is 48.7 Å². The second kappa shape index (κ2) is 8.68. The van der Waals surface area contributed by atoms with Crippen molar-refractivity contribution in [3.8, 4) is 0 Å². The van der Waals surface area contributed by atoms with Crippen molar-refractivity contribution in [1.82, 2.24) is 14.8 Å². The molecular formula is C25H29ClN5O. The molecule has 167 valence electrons. The summed E-state index contributed by atoms with van der Waals surface area (Å²) in [5, 5.41) is 1.60. The first-order chi connectivity index (χ1) is 15.5. The molecule has 0 spiro atoms. The van der Waals surface area contributed by atoms with Crippen molar-refractivity contribution in [2.45, 2.75) is 18.9 Å². The minimum atomic E-state index is 0.0930. The highest BCUT2D eigenvalue weighted by molar-refractivity contribution is 6.31. The molecule has 0 atom stereocenters. The lowest BCUT2D eigenvalue weighted by molar-refractivity contribution is 0.0715. The lowest BCUT2D eigenvalue weighted by atomic mass is 10.0. The van der Waals surface area contributed by atoms with Gasteiger partial charge in [-0.15, -0.1) is 0 Å². The van der Waals surface area contributed by atoms with E-state index in [0.29, 0.717) is 11.1 Å². The highest BCUT2D eigenvalue weighted by Crippen LogP contribution is 2.40. The number of aromatic nitrogens is 1. The fourth-order valence-corrected chi connectivity index (χ4v) is 4.94. The Morgan fingerprint density at radius 1 is 1.12 bits per heavy atom. The number of para-hydroxylation sites is 2. The van der Waals surface area contributed by atoms with Crippen molar-refractivity contribution in [2.75, 3.05) is 50.1 Å². The third-order valence-electron chi connectivity index (χ3n) is 6.54. The number of hydrogen-bond donors (Lipinski definition) is 1. The highest BCUT2D eigenvalue weighted by Gasteiger charge is 2.34. The second-order valence-electron chi connectivity index (χ2n) is 8.92. The van der Waals surface area contributed by atoms with Gasteiger partial charge in [-0.3, -0.25) is 4.79 Å². The van der Waals surface area contributed by atoms with Gasteiger partial charge >= 0.3 is 0 Å². The number of piperidine rings is 1. The number of nitrogens with one attached hydrogen (secondary N) is 1. The minimum Gasteiger partial charge on any atom is -0.360 e. The summed E-state index contributed by atoms with van der Waals surface area (Å²) in [7, 11) is 4.21. The van der Waals surface area contributed by atoms with E-state index in [0.717, 1.165) is 55.5 Å². The fraction of sp³-hybridized carbons (Fsp3) is 0.360. The van der Waals surface area contributed by atoms with Gasteiger partial charge in [0.2, 0.25) is 0 Å². The first kappa shape index (κ1) is 21.2. The Kier molecular flexibility index (Phi) is 5.74. The summed E-state index contributed by atoms with van der Waals surface area (Å²) in [6, 6.07) is 14.6. The smallest absolute Gasteiger partial charge is 0.256 e. The van der Waals surface area contributed by atoms with E-state index in [1.807, 2.05) is 29.3 Å². The van der Waals surface area contributed by atoms with Crippen molar-refractivity contribution >= 4 is 39.8 Å². The molecule has 32 heavy (non-hydrogen) atoms. The maximum absolute atomic E-state index is 13.2. The molecule has 5 rings (SSSR count). The van der Waals surface area contributed by atoms with Crippen LogP contribution in [0.5, 0.6) is 0 Å². The maximum Gasteiger partial charge on any atom is 0.256 e. The van der Waals surface area contributed by atoms with E-state index in [9.17, 15) is 4.79 Å². The third-order valence-corrected chi connectivity index (χ3v) is 6.78. The molecule has 7 heteroatoms. The van der Waals surface area contributed by atoms with Gasteiger partial charge in [0.05, 0.1) is 16.9 Å². The van der Waals surface area contributed by atoms with Crippen LogP contribution in [0.2, 0.25) is 5.02 Å². The van der Waals surface area contributed by atoms with Gasteiger partial charge in [0.25, 0.3) is 5.91 Å². The molecule has 0 unspecified atom stereocenters. The van der Waals surface area contributed by atoms with Crippen LogP contribution in [-0.2, 0) is 0 Å². The Balaban J connectivity index is 1.27. The first-order valence-corrected chi connectivity index (χ1v) is 11.6. The Hall–Kier alpha value is -2.70. The summed E-state index contributed by atoms with van der Waals surface area (Å²) >= 11 is 6.09. The molecule has 0 bridgehead atoms. The van der Waals surface area contributed by atoms with E-state index in [-0.39, 0.29) is 5.91 Å². The molecule has 2 aliphatic rings. The van der Waals surface area contributed by atoms with Crippen LogP contribution in [-0.4, -0.2) is 67.0 Å².